The standard InChI is InChI=1S/C16H27N3O3/c1-11(2)7-19(12-3-4-12)16(21)9-18-6-5-14-13(8-18)17-15(20)10-22-14/h11-14H,3-10H2,1-2H3,(H,17,20)/t13-,14-/m0/s1. The molecule has 2 saturated heterocycles. The summed E-state index contributed by atoms with van der Waals surface area (Å²) in [6, 6.07) is 0.493. The van der Waals surface area contributed by atoms with Crippen LogP contribution in [0.15, 0.2) is 0 Å². The minimum atomic E-state index is -0.0474. The summed E-state index contributed by atoms with van der Waals surface area (Å²) in [7, 11) is 0. The molecule has 1 saturated carbocycles. The molecule has 0 radical (unpaired) electrons. The van der Waals surface area contributed by atoms with Gasteiger partial charge in [-0.2, -0.15) is 0 Å². The quantitative estimate of drug-likeness (QED) is 0.789. The van der Waals surface area contributed by atoms with Crippen LogP contribution in [0.4, 0.5) is 0 Å². The zero-order valence-corrected chi connectivity index (χ0v) is 13.6. The van der Waals surface area contributed by atoms with Gasteiger partial charge in [0.2, 0.25) is 11.8 Å². The third-order valence-electron chi connectivity index (χ3n) is 4.64. The predicted octanol–water partition coefficient (Wildman–Crippen LogP) is 0.223. The van der Waals surface area contributed by atoms with Crippen molar-refractivity contribution in [1.82, 2.24) is 15.1 Å². The molecular weight excluding hydrogens is 282 g/mol. The lowest BCUT2D eigenvalue weighted by Crippen LogP contribution is -2.61. The highest BCUT2D eigenvalue weighted by molar-refractivity contribution is 5.79. The molecule has 6 heteroatoms. The van der Waals surface area contributed by atoms with Crippen molar-refractivity contribution in [2.75, 3.05) is 32.8 Å². The number of nitrogens with zero attached hydrogens (tertiary/aromatic N) is 2. The number of hydrogen-bond acceptors (Lipinski definition) is 4. The lowest BCUT2D eigenvalue weighted by atomic mass is 10.0. The number of likely N-dealkylation sites (tertiary alicyclic amines) is 1. The van der Waals surface area contributed by atoms with Gasteiger partial charge in [0.15, 0.2) is 0 Å². The van der Waals surface area contributed by atoms with E-state index in [0.29, 0.717) is 25.0 Å². The van der Waals surface area contributed by atoms with Gasteiger partial charge in [0, 0.05) is 25.7 Å². The molecular formula is C16H27N3O3. The third-order valence-corrected chi connectivity index (χ3v) is 4.64. The summed E-state index contributed by atoms with van der Waals surface area (Å²) in [5.74, 6) is 0.688. The monoisotopic (exact) mass is 309 g/mol. The molecule has 3 aliphatic rings. The molecule has 1 N–H and O–H groups in total. The Balaban J connectivity index is 1.53. The lowest BCUT2D eigenvalue weighted by Gasteiger charge is -2.41. The highest BCUT2D eigenvalue weighted by Gasteiger charge is 2.37. The number of carbonyl (C=O) groups excluding carboxylic acids is 2. The van der Waals surface area contributed by atoms with Crippen LogP contribution in [0.1, 0.15) is 33.1 Å². The van der Waals surface area contributed by atoms with E-state index in [0.717, 1.165) is 32.4 Å². The SMILES string of the molecule is CC(C)CN(C(=O)CN1CC[C@@H]2OCC(=O)N[C@H]2C1)C1CC1. The van der Waals surface area contributed by atoms with Gasteiger partial charge >= 0.3 is 0 Å². The minimum Gasteiger partial charge on any atom is -0.366 e. The number of ether oxygens (including phenoxy) is 1. The molecule has 2 heterocycles. The molecule has 1 aliphatic carbocycles. The van der Waals surface area contributed by atoms with Crippen molar-refractivity contribution < 1.29 is 14.3 Å². The average Bonchev–Trinajstić information content (AvgIpc) is 3.28. The normalized spacial score (nSPS) is 29.1. The van der Waals surface area contributed by atoms with Crippen molar-refractivity contribution in [2.45, 2.75) is 51.3 Å². The Morgan fingerprint density at radius 2 is 2.18 bits per heavy atom. The predicted molar refractivity (Wildman–Crippen MR) is 82.3 cm³/mol. The molecule has 22 heavy (non-hydrogen) atoms. The van der Waals surface area contributed by atoms with Crippen molar-refractivity contribution in [1.29, 1.82) is 0 Å². The summed E-state index contributed by atoms with van der Waals surface area (Å²) in [5.41, 5.74) is 0. The number of rotatable bonds is 5. The smallest absolute Gasteiger partial charge is 0.246 e. The van der Waals surface area contributed by atoms with Crippen molar-refractivity contribution in [3.63, 3.8) is 0 Å². The molecule has 0 spiro atoms. The summed E-state index contributed by atoms with van der Waals surface area (Å²) >= 11 is 0. The number of morpholine rings is 1. The lowest BCUT2D eigenvalue weighted by molar-refractivity contribution is -0.142. The van der Waals surface area contributed by atoms with Crippen molar-refractivity contribution in [2.24, 2.45) is 5.92 Å². The van der Waals surface area contributed by atoms with Gasteiger partial charge in [0.25, 0.3) is 0 Å². The Morgan fingerprint density at radius 1 is 1.41 bits per heavy atom. The van der Waals surface area contributed by atoms with E-state index in [9.17, 15) is 9.59 Å². The van der Waals surface area contributed by atoms with Crippen LogP contribution in [-0.4, -0.2) is 72.6 Å². The maximum absolute atomic E-state index is 12.6. The van der Waals surface area contributed by atoms with E-state index in [2.05, 4.69) is 29.0 Å². The number of fused-ring (bicyclic) bond motifs is 1. The number of amides is 2. The van der Waals surface area contributed by atoms with Crippen LogP contribution >= 0.6 is 0 Å². The topological polar surface area (TPSA) is 61.9 Å². The van der Waals surface area contributed by atoms with Crippen molar-refractivity contribution in [3.8, 4) is 0 Å². The Labute approximate surface area is 132 Å². The highest BCUT2D eigenvalue weighted by atomic mass is 16.5. The van der Waals surface area contributed by atoms with Gasteiger partial charge in [-0.3, -0.25) is 14.5 Å². The summed E-state index contributed by atoms with van der Waals surface area (Å²) in [4.78, 5) is 28.3. The first-order valence-corrected chi connectivity index (χ1v) is 8.45. The summed E-state index contributed by atoms with van der Waals surface area (Å²) in [6.45, 7) is 7.37. The van der Waals surface area contributed by atoms with E-state index in [-0.39, 0.29) is 30.6 Å². The Morgan fingerprint density at radius 3 is 2.86 bits per heavy atom. The molecule has 0 aromatic carbocycles. The molecule has 124 valence electrons. The van der Waals surface area contributed by atoms with Gasteiger partial charge in [-0.25, -0.2) is 0 Å². The van der Waals surface area contributed by atoms with E-state index < -0.39 is 0 Å². The zero-order valence-electron chi connectivity index (χ0n) is 13.6. The number of hydrogen-bond donors (Lipinski definition) is 1. The first kappa shape index (κ1) is 15.7. The summed E-state index contributed by atoms with van der Waals surface area (Å²) in [6.07, 6.45) is 3.28. The van der Waals surface area contributed by atoms with Crippen LogP contribution in [0, 0.1) is 5.92 Å². The van der Waals surface area contributed by atoms with E-state index in [4.69, 9.17) is 4.74 Å². The maximum Gasteiger partial charge on any atom is 0.246 e. The summed E-state index contributed by atoms with van der Waals surface area (Å²) in [5, 5.41) is 2.99. The maximum atomic E-state index is 12.6. The largest absolute Gasteiger partial charge is 0.366 e. The van der Waals surface area contributed by atoms with Gasteiger partial charge < -0.3 is 15.0 Å². The molecule has 2 aliphatic heterocycles. The van der Waals surface area contributed by atoms with E-state index in [1.807, 2.05) is 0 Å². The van der Waals surface area contributed by atoms with Crippen LogP contribution in [0.25, 0.3) is 0 Å². The van der Waals surface area contributed by atoms with Crippen LogP contribution in [0.3, 0.4) is 0 Å². The fraction of sp³-hybridized carbons (Fsp3) is 0.875. The van der Waals surface area contributed by atoms with Crippen LogP contribution in [0.5, 0.6) is 0 Å². The van der Waals surface area contributed by atoms with Gasteiger partial charge in [0.05, 0.1) is 18.7 Å². The second-order valence-electron chi connectivity index (χ2n) is 7.22. The number of nitrogens with one attached hydrogen (secondary N) is 1. The van der Waals surface area contributed by atoms with E-state index in [1.54, 1.807) is 0 Å². The second kappa shape index (κ2) is 6.54. The zero-order chi connectivity index (χ0) is 15.7. The fourth-order valence-electron chi connectivity index (χ4n) is 3.43. The first-order chi connectivity index (χ1) is 10.5. The molecule has 0 bridgehead atoms. The first-order valence-electron chi connectivity index (χ1n) is 8.45. The molecule has 2 atom stereocenters. The average molecular weight is 309 g/mol. The second-order valence-corrected chi connectivity index (χ2v) is 7.22. The van der Waals surface area contributed by atoms with Crippen molar-refractivity contribution >= 4 is 11.8 Å². The van der Waals surface area contributed by atoms with Crippen molar-refractivity contribution in [3.05, 3.63) is 0 Å². The number of piperidine rings is 1. The minimum absolute atomic E-state index is 0.0299. The van der Waals surface area contributed by atoms with E-state index in [1.165, 1.54) is 0 Å². The van der Waals surface area contributed by atoms with Gasteiger partial charge in [0.1, 0.15) is 6.61 Å². The third kappa shape index (κ3) is 3.79. The molecule has 3 fully saturated rings. The van der Waals surface area contributed by atoms with E-state index >= 15 is 0 Å². The molecule has 3 rings (SSSR count). The fourth-order valence-corrected chi connectivity index (χ4v) is 3.43. The summed E-state index contributed by atoms with van der Waals surface area (Å²) < 4.78 is 5.56. The molecule has 0 unspecified atom stereocenters. The Bertz CT molecular complexity index is 436. The molecule has 6 nitrogen and oxygen atoms in total. The van der Waals surface area contributed by atoms with Crippen LogP contribution in [0.2, 0.25) is 0 Å². The Kier molecular flexibility index (Phi) is 4.68. The highest BCUT2D eigenvalue weighted by Crippen LogP contribution is 2.28. The molecule has 0 aromatic heterocycles. The molecule has 2 amide bonds. The number of carbonyl (C=O) groups is 2. The van der Waals surface area contributed by atoms with Crippen LogP contribution in [-0.2, 0) is 14.3 Å². The molecule has 0 aromatic rings. The van der Waals surface area contributed by atoms with Crippen LogP contribution < -0.4 is 5.32 Å². The Hall–Kier alpha value is -1.14. The van der Waals surface area contributed by atoms with Gasteiger partial charge in [-0.05, 0) is 25.2 Å². The van der Waals surface area contributed by atoms with Gasteiger partial charge in [-0.15, -0.1) is 0 Å². The van der Waals surface area contributed by atoms with Gasteiger partial charge in [-0.1, -0.05) is 13.8 Å².